The number of hydrogen-bond acceptors (Lipinski definition) is 3. The smallest absolute Gasteiger partial charge is 0.132 e. The summed E-state index contributed by atoms with van der Waals surface area (Å²) in [4.78, 5) is 8.73. The normalized spacial score (nSPS) is 16.4. The van der Waals surface area contributed by atoms with Crippen molar-refractivity contribution in [2.24, 2.45) is 5.92 Å². The average molecular weight is 268 g/mol. The maximum absolute atomic E-state index is 6.30. The summed E-state index contributed by atoms with van der Waals surface area (Å²) >= 11 is 6.30. The van der Waals surface area contributed by atoms with Gasteiger partial charge in [0.05, 0.1) is 5.38 Å². The van der Waals surface area contributed by atoms with Gasteiger partial charge in [-0.1, -0.05) is 13.8 Å². The lowest BCUT2D eigenvalue weighted by molar-refractivity contribution is 0.571. The van der Waals surface area contributed by atoms with Crippen LogP contribution in [0.25, 0.3) is 0 Å². The molecule has 0 saturated carbocycles. The van der Waals surface area contributed by atoms with Crippen LogP contribution in [0.5, 0.6) is 0 Å². The topological polar surface area (TPSA) is 37.8 Å². The summed E-state index contributed by atoms with van der Waals surface area (Å²) in [5, 5.41) is 3.56. The first kappa shape index (κ1) is 13.6. The van der Waals surface area contributed by atoms with E-state index in [1.54, 1.807) is 6.33 Å². The van der Waals surface area contributed by atoms with Gasteiger partial charge in [0.1, 0.15) is 12.1 Å². The number of aromatic nitrogens is 2. The molecule has 1 aliphatic carbocycles. The Morgan fingerprint density at radius 3 is 2.83 bits per heavy atom. The summed E-state index contributed by atoms with van der Waals surface area (Å²) < 4.78 is 0. The Bertz CT molecular complexity index is 393. The Morgan fingerprint density at radius 1 is 1.28 bits per heavy atom. The van der Waals surface area contributed by atoms with Crippen molar-refractivity contribution < 1.29 is 0 Å². The second kappa shape index (κ2) is 6.37. The zero-order chi connectivity index (χ0) is 13.0. The van der Waals surface area contributed by atoms with Gasteiger partial charge in [0, 0.05) is 17.8 Å². The quantitative estimate of drug-likeness (QED) is 0.831. The molecule has 0 spiro atoms. The van der Waals surface area contributed by atoms with Crippen molar-refractivity contribution in [3.63, 3.8) is 0 Å². The predicted octanol–water partition coefficient (Wildman–Crippen LogP) is 3.42. The van der Waals surface area contributed by atoms with E-state index in [0.717, 1.165) is 31.6 Å². The highest BCUT2D eigenvalue weighted by molar-refractivity contribution is 6.20. The minimum absolute atomic E-state index is 0.166. The second-order valence-electron chi connectivity index (χ2n) is 5.46. The van der Waals surface area contributed by atoms with E-state index in [1.165, 1.54) is 24.1 Å². The Hall–Kier alpha value is -0.830. The van der Waals surface area contributed by atoms with Gasteiger partial charge in [-0.3, -0.25) is 0 Å². The van der Waals surface area contributed by atoms with Crippen LogP contribution in [-0.2, 0) is 12.8 Å². The van der Waals surface area contributed by atoms with Crippen molar-refractivity contribution in [3.8, 4) is 0 Å². The van der Waals surface area contributed by atoms with Crippen LogP contribution in [-0.4, -0.2) is 21.9 Å². The van der Waals surface area contributed by atoms with Crippen molar-refractivity contribution in [3.05, 3.63) is 17.6 Å². The van der Waals surface area contributed by atoms with Gasteiger partial charge in [-0.15, -0.1) is 11.6 Å². The molecule has 0 aliphatic heterocycles. The van der Waals surface area contributed by atoms with E-state index in [9.17, 15) is 0 Å². The molecule has 1 aromatic rings. The van der Waals surface area contributed by atoms with Crippen molar-refractivity contribution in [1.29, 1.82) is 0 Å². The molecule has 0 fully saturated rings. The van der Waals surface area contributed by atoms with Crippen molar-refractivity contribution >= 4 is 17.4 Å². The molecule has 3 nitrogen and oxygen atoms in total. The van der Waals surface area contributed by atoms with Crippen molar-refractivity contribution in [2.75, 3.05) is 11.9 Å². The van der Waals surface area contributed by atoms with Crippen LogP contribution in [0.3, 0.4) is 0 Å². The minimum atomic E-state index is 0.166. The van der Waals surface area contributed by atoms with E-state index in [1.807, 2.05) is 0 Å². The molecule has 0 saturated heterocycles. The molecule has 0 amide bonds. The third-order valence-corrected chi connectivity index (χ3v) is 3.68. The van der Waals surface area contributed by atoms with Crippen LogP contribution in [0.1, 0.15) is 44.4 Å². The lowest BCUT2D eigenvalue weighted by Gasteiger charge is -2.19. The molecular formula is C14H22ClN3. The predicted molar refractivity (Wildman–Crippen MR) is 76.3 cm³/mol. The molecular weight excluding hydrogens is 246 g/mol. The third kappa shape index (κ3) is 3.58. The molecule has 100 valence electrons. The van der Waals surface area contributed by atoms with Crippen LogP contribution in [0, 0.1) is 5.92 Å². The number of fused-ring (bicyclic) bond motifs is 1. The van der Waals surface area contributed by atoms with Crippen LogP contribution < -0.4 is 5.32 Å². The maximum Gasteiger partial charge on any atom is 0.132 e. The van der Waals surface area contributed by atoms with E-state index in [-0.39, 0.29) is 5.38 Å². The monoisotopic (exact) mass is 267 g/mol. The standard InChI is InChI=1S/C14H22ClN3/c1-10(2)7-11(15)8-16-14-12-5-3-4-6-13(12)17-9-18-14/h9-11H,3-8H2,1-2H3,(H,16,17,18). The summed E-state index contributed by atoms with van der Waals surface area (Å²) in [6.45, 7) is 5.17. The lowest BCUT2D eigenvalue weighted by atomic mass is 9.96. The number of aryl methyl sites for hydroxylation is 1. The zero-order valence-electron chi connectivity index (χ0n) is 11.2. The van der Waals surface area contributed by atoms with Crippen LogP contribution in [0.15, 0.2) is 6.33 Å². The molecule has 1 heterocycles. The van der Waals surface area contributed by atoms with Crippen LogP contribution in [0.2, 0.25) is 0 Å². The molecule has 18 heavy (non-hydrogen) atoms. The Kier molecular flexibility index (Phi) is 4.81. The molecule has 4 heteroatoms. The summed E-state index contributed by atoms with van der Waals surface area (Å²) in [6.07, 6.45) is 7.36. The Balaban J connectivity index is 1.97. The fraction of sp³-hybridized carbons (Fsp3) is 0.714. The molecule has 0 aromatic carbocycles. The van der Waals surface area contributed by atoms with Gasteiger partial charge in [-0.25, -0.2) is 9.97 Å². The molecule has 0 bridgehead atoms. The van der Waals surface area contributed by atoms with Gasteiger partial charge in [-0.05, 0) is 38.0 Å². The number of hydrogen-bond donors (Lipinski definition) is 1. The number of anilines is 1. The van der Waals surface area contributed by atoms with Gasteiger partial charge < -0.3 is 5.32 Å². The first-order valence-corrected chi connectivity index (χ1v) is 7.31. The van der Waals surface area contributed by atoms with Gasteiger partial charge in [0.25, 0.3) is 0 Å². The highest BCUT2D eigenvalue weighted by Gasteiger charge is 2.16. The summed E-state index contributed by atoms with van der Waals surface area (Å²) in [5.74, 6) is 1.63. The molecule has 1 unspecified atom stereocenters. The fourth-order valence-corrected chi connectivity index (χ4v) is 2.91. The maximum atomic E-state index is 6.30. The number of nitrogens with zero attached hydrogens (tertiary/aromatic N) is 2. The highest BCUT2D eigenvalue weighted by atomic mass is 35.5. The molecule has 1 atom stereocenters. The first-order chi connectivity index (χ1) is 8.66. The third-order valence-electron chi connectivity index (χ3n) is 3.34. The van der Waals surface area contributed by atoms with Gasteiger partial charge >= 0.3 is 0 Å². The second-order valence-corrected chi connectivity index (χ2v) is 6.08. The number of rotatable bonds is 5. The van der Waals surface area contributed by atoms with Crippen LogP contribution >= 0.6 is 11.6 Å². The van der Waals surface area contributed by atoms with Gasteiger partial charge in [0.2, 0.25) is 0 Å². The van der Waals surface area contributed by atoms with E-state index >= 15 is 0 Å². The number of nitrogens with one attached hydrogen (secondary N) is 1. The van der Waals surface area contributed by atoms with E-state index in [4.69, 9.17) is 11.6 Å². The number of halogens is 1. The molecule has 1 aliphatic rings. The Labute approximate surface area is 114 Å². The van der Waals surface area contributed by atoms with Crippen molar-refractivity contribution in [1.82, 2.24) is 9.97 Å². The highest BCUT2D eigenvalue weighted by Crippen LogP contribution is 2.24. The van der Waals surface area contributed by atoms with E-state index in [2.05, 4.69) is 29.1 Å². The fourth-order valence-electron chi connectivity index (χ4n) is 2.48. The molecule has 1 aromatic heterocycles. The van der Waals surface area contributed by atoms with Crippen LogP contribution in [0.4, 0.5) is 5.82 Å². The summed E-state index contributed by atoms with van der Waals surface area (Å²) in [6, 6.07) is 0. The van der Waals surface area contributed by atoms with E-state index < -0.39 is 0 Å². The largest absolute Gasteiger partial charge is 0.368 e. The number of alkyl halides is 1. The molecule has 0 radical (unpaired) electrons. The first-order valence-electron chi connectivity index (χ1n) is 6.87. The molecule has 1 N–H and O–H groups in total. The summed E-state index contributed by atoms with van der Waals surface area (Å²) in [5.41, 5.74) is 2.52. The van der Waals surface area contributed by atoms with Crippen molar-refractivity contribution in [2.45, 2.75) is 51.3 Å². The van der Waals surface area contributed by atoms with E-state index in [0.29, 0.717) is 5.92 Å². The minimum Gasteiger partial charge on any atom is -0.368 e. The van der Waals surface area contributed by atoms with Gasteiger partial charge in [-0.2, -0.15) is 0 Å². The molecule has 2 rings (SSSR count). The SMILES string of the molecule is CC(C)CC(Cl)CNc1ncnc2c1CCCC2. The average Bonchev–Trinajstić information content (AvgIpc) is 2.35. The summed E-state index contributed by atoms with van der Waals surface area (Å²) in [7, 11) is 0. The van der Waals surface area contributed by atoms with Gasteiger partial charge in [0.15, 0.2) is 0 Å². The Morgan fingerprint density at radius 2 is 2.06 bits per heavy atom. The zero-order valence-corrected chi connectivity index (χ0v) is 12.0. The lowest BCUT2D eigenvalue weighted by Crippen LogP contribution is -2.19.